The van der Waals surface area contributed by atoms with E-state index in [1.807, 2.05) is 67.5 Å². The van der Waals surface area contributed by atoms with Gasteiger partial charge in [0.2, 0.25) is 17.7 Å². The fraction of sp³-hybridized carbons (Fsp3) is 0.303. The van der Waals surface area contributed by atoms with Crippen LogP contribution in [0.2, 0.25) is 0 Å². The number of likely N-dealkylation sites (N-methyl/N-ethyl adjacent to an activating group) is 1. The second-order valence-corrected chi connectivity index (χ2v) is 10.7. The number of carbonyl (C=O) groups is 3. The van der Waals surface area contributed by atoms with Gasteiger partial charge in [0.1, 0.15) is 12.1 Å². The van der Waals surface area contributed by atoms with Gasteiger partial charge in [0.15, 0.2) is 0 Å². The number of hydrogen-bond acceptors (Lipinski definition) is 4. The molecule has 1 fully saturated rings. The van der Waals surface area contributed by atoms with Gasteiger partial charge in [0.05, 0.1) is 6.42 Å². The third kappa shape index (κ3) is 5.64. The summed E-state index contributed by atoms with van der Waals surface area (Å²) in [6, 6.07) is 25.0. The third-order valence-corrected chi connectivity index (χ3v) is 7.86. The molecule has 0 saturated carbocycles. The minimum atomic E-state index is -0.734. The van der Waals surface area contributed by atoms with Gasteiger partial charge in [0, 0.05) is 39.8 Å². The van der Waals surface area contributed by atoms with E-state index in [2.05, 4.69) is 41.0 Å². The zero-order valence-corrected chi connectivity index (χ0v) is 23.3. The van der Waals surface area contributed by atoms with Crippen molar-refractivity contribution in [1.29, 1.82) is 0 Å². The molecule has 0 radical (unpaired) electrons. The summed E-state index contributed by atoms with van der Waals surface area (Å²) in [5.74, 6) is -0.620. The second kappa shape index (κ2) is 11.8. The Kier molecular flexibility index (Phi) is 8.01. The molecule has 0 aromatic heterocycles. The molecule has 1 saturated heterocycles. The summed E-state index contributed by atoms with van der Waals surface area (Å²) in [6.07, 6.45) is 1.90. The average Bonchev–Trinajstić information content (AvgIpc) is 3.47. The van der Waals surface area contributed by atoms with E-state index in [4.69, 9.17) is 0 Å². The van der Waals surface area contributed by atoms with E-state index in [1.165, 1.54) is 0 Å². The van der Waals surface area contributed by atoms with E-state index in [1.54, 1.807) is 11.9 Å². The van der Waals surface area contributed by atoms with E-state index in [9.17, 15) is 14.4 Å². The summed E-state index contributed by atoms with van der Waals surface area (Å²) in [7, 11) is 5.51. The van der Waals surface area contributed by atoms with Gasteiger partial charge < -0.3 is 20.4 Å². The van der Waals surface area contributed by atoms with Crippen molar-refractivity contribution in [2.75, 3.05) is 32.6 Å². The Morgan fingerprint density at radius 2 is 1.55 bits per heavy atom. The first-order valence-corrected chi connectivity index (χ1v) is 13.8. The number of fused-ring (bicyclic) bond motifs is 2. The smallest absolute Gasteiger partial charge is 0.243 e. The molecule has 206 valence electrons. The lowest BCUT2D eigenvalue weighted by Crippen LogP contribution is -2.53. The highest BCUT2D eigenvalue weighted by Crippen LogP contribution is 2.30. The predicted molar refractivity (Wildman–Crippen MR) is 160 cm³/mol. The molecule has 0 spiro atoms. The van der Waals surface area contributed by atoms with Crippen molar-refractivity contribution in [3.8, 4) is 0 Å². The molecule has 40 heavy (non-hydrogen) atoms. The topological polar surface area (TPSA) is 81.8 Å². The van der Waals surface area contributed by atoms with E-state index < -0.39 is 12.1 Å². The van der Waals surface area contributed by atoms with Gasteiger partial charge in [0.25, 0.3) is 0 Å². The first kappa shape index (κ1) is 27.2. The zero-order chi connectivity index (χ0) is 28.2. The normalized spacial score (nSPS) is 15.7. The zero-order valence-electron chi connectivity index (χ0n) is 23.3. The Balaban J connectivity index is 1.34. The summed E-state index contributed by atoms with van der Waals surface area (Å²) >= 11 is 0. The monoisotopic (exact) mass is 536 g/mol. The van der Waals surface area contributed by atoms with E-state index in [0.717, 1.165) is 44.8 Å². The van der Waals surface area contributed by atoms with Gasteiger partial charge in [-0.05, 0) is 63.7 Å². The minimum Gasteiger partial charge on any atom is -0.378 e. The number of likely N-dealkylation sites (tertiary alicyclic amines) is 1. The van der Waals surface area contributed by atoms with E-state index >= 15 is 0 Å². The fourth-order valence-electron chi connectivity index (χ4n) is 5.71. The summed E-state index contributed by atoms with van der Waals surface area (Å²) in [5.41, 5.74) is 2.99. The first-order valence-electron chi connectivity index (χ1n) is 13.8. The van der Waals surface area contributed by atoms with Crippen LogP contribution in [-0.2, 0) is 27.2 Å². The van der Waals surface area contributed by atoms with Crippen molar-refractivity contribution in [2.24, 2.45) is 0 Å². The number of benzene rings is 4. The molecular formula is C33H36N4O3. The van der Waals surface area contributed by atoms with Gasteiger partial charge in [-0.1, -0.05) is 60.7 Å². The lowest BCUT2D eigenvalue weighted by atomic mass is 9.94. The van der Waals surface area contributed by atoms with Crippen LogP contribution in [0.5, 0.6) is 0 Å². The predicted octanol–water partition coefficient (Wildman–Crippen LogP) is 4.07. The van der Waals surface area contributed by atoms with E-state index in [0.29, 0.717) is 19.4 Å². The summed E-state index contributed by atoms with van der Waals surface area (Å²) in [4.78, 5) is 43.7. The highest BCUT2D eigenvalue weighted by molar-refractivity contribution is 6.05. The van der Waals surface area contributed by atoms with Crippen LogP contribution < -0.4 is 15.5 Å². The van der Waals surface area contributed by atoms with Crippen molar-refractivity contribution in [3.05, 3.63) is 90.0 Å². The molecule has 1 aliphatic rings. The number of amides is 3. The molecule has 0 bridgehead atoms. The van der Waals surface area contributed by atoms with Crippen molar-refractivity contribution in [2.45, 2.75) is 37.8 Å². The minimum absolute atomic E-state index is 0.0741. The van der Waals surface area contributed by atoms with Crippen LogP contribution in [0.1, 0.15) is 24.0 Å². The van der Waals surface area contributed by atoms with Crippen LogP contribution in [0.4, 0.5) is 5.69 Å². The van der Waals surface area contributed by atoms with Crippen molar-refractivity contribution in [1.82, 2.24) is 15.5 Å². The molecule has 0 unspecified atom stereocenters. The molecule has 3 amide bonds. The van der Waals surface area contributed by atoms with Gasteiger partial charge in [-0.2, -0.15) is 0 Å². The van der Waals surface area contributed by atoms with Crippen molar-refractivity contribution < 1.29 is 14.4 Å². The molecule has 2 atom stereocenters. The van der Waals surface area contributed by atoms with Gasteiger partial charge in [-0.25, -0.2) is 0 Å². The largest absolute Gasteiger partial charge is 0.378 e. The van der Waals surface area contributed by atoms with E-state index in [-0.39, 0.29) is 24.1 Å². The van der Waals surface area contributed by atoms with Crippen LogP contribution in [0.25, 0.3) is 21.5 Å². The third-order valence-electron chi connectivity index (χ3n) is 7.86. The summed E-state index contributed by atoms with van der Waals surface area (Å²) in [5, 5.41) is 9.90. The van der Waals surface area contributed by atoms with Crippen molar-refractivity contribution in [3.63, 3.8) is 0 Å². The Morgan fingerprint density at radius 1 is 0.925 bits per heavy atom. The maximum absolute atomic E-state index is 13.7. The highest BCUT2D eigenvalue weighted by atomic mass is 16.2. The Hall–Kier alpha value is -4.39. The lowest BCUT2D eigenvalue weighted by Gasteiger charge is -2.27. The Morgan fingerprint density at radius 3 is 2.15 bits per heavy atom. The fourth-order valence-corrected chi connectivity index (χ4v) is 5.71. The Bertz CT molecular complexity index is 1490. The number of carbonyl (C=O) groups excluding carboxylic acids is 3. The van der Waals surface area contributed by atoms with Gasteiger partial charge >= 0.3 is 0 Å². The second-order valence-electron chi connectivity index (χ2n) is 10.7. The van der Waals surface area contributed by atoms with Crippen LogP contribution in [0, 0.1) is 0 Å². The molecule has 7 heteroatoms. The maximum atomic E-state index is 13.7. The van der Waals surface area contributed by atoms with Crippen LogP contribution >= 0.6 is 0 Å². The first-order chi connectivity index (χ1) is 19.4. The lowest BCUT2D eigenvalue weighted by molar-refractivity contribution is -0.139. The van der Waals surface area contributed by atoms with Crippen LogP contribution in [-0.4, -0.2) is 62.4 Å². The quantitative estimate of drug-likeness (QED) is 0.333. The summed E-state index contributed by atoms with van der Waals surface area (Å²) in [6.45, 7) is 0.524. The molecule has 4 aromatic rings. The van der Waals surface area contributed by atoms with Gasteiger partial charge in [-0.15, -0.1) is 0 Å². The molecule has 1 aliphatic heterocycles. The molecule has 4 aromatic carbocycles. The average molecular weight is 537 g/mol. The molecular weight excluding hydrogens is 500 g/mol. The Labute approximate surface area is 235 Å². The maximum Gasteiger partial charge on any atom is 0.243 e. The number of rotatable bonds is 8. The SMILES string of the molecule is CNC(=O)[C@H](Cc1ccc(N(C)C)cc1)NC(=O)[C@H]1CCCN1C(=O)Cc1c2ccccc2cc2ccccc12. The highest BCUT2D eigenvalue weighted by Gasteiger charge is 2.36. The molecule has 7 nitrogen and oxygen atoms in total. The molecule has 2 N–H and O–H groups in total. The summed E-state index contributed by atoms with van der Waals surface area (Å²) < 4.78 is 0. The van der Waals surface area contributed by atoms with Crippen LogP contribution in [0.3, 0.4) is 0 Å². The van der Waals surface area contributed by atoms with Gasteiger partial charge in [-0.3, -0.25) is 14.4 Å². The number of nitrogens with zero attached hydrogens (tertiary/aromatic N) is 2. The number of anilines is 1. The number of nitrogens with one attached hydrogen (secondary N) is 2. The molecule has 5 rings (SSSR count). The van der Waals surface area contributed by atoms with Crippen molar-refractivity contribution >= 4 is 45.0 Å². The standard InChI is InChI=1S/C33H36N4O3/c1-34-32(39)29(19-22-14-16-25(17-15-22)36(2)3)35-33(40)30-13-8-18-37(30)31(38)21-28-26-11-6-4-9-23(26)20-24-10-5-7-12-27(24)28/h4-7,9-12,14-17,20,29-30H,8,13,18-19,21H2,1-3H3,(H,34,39)(H,35,40)/t29-,30+/m0/s1. The molecule has 0 aliphatic carbocycles. The number of hydrogen-bond donors (Lipinski definition) is 2. The molecule has 1 heterocycles. The van der Waals surface area contributed by atoms with Crippen LogP contribution in [0.15, 0.2) is 78.9 Å².